The smallest absolute Gasteiger partial charge is 0.254 e. The zero-order chi connectivity index (χ0) is 15.1. The van der Waals surface area contributed by atoms with Crippen LogP contribution in [0.5, 0.6) is 0 Å². The van der Waals surface area contributed by atoms with Crippen molar-refractivity contribution in [2.24, 2.45) is 11.5 Å². The topological polar surface area (TPSA) is 89.4 Å². The van der Waals surface area contributed by atoms with Crippen LogP contribution in [0.3, 0.4) is 0 Å². The van der Waals surface area contributed by atoms with E-state index in [1.807, 2.05) is 13.0 Å². The fourth-order valence-electron chi connectivity index (χ4n) is 1.83. The van der Waals surface area contributed by atoms with E-state index in [2.05, 4.69) is 11.8 Å². The first-order valence-electron chi connectivity index (χ1n) is 6.37. The molecule has 0 spiro atoms. The second-order valence-corrected chi connectivity index (χ2v) is 4.27. The lowest BCUT2D eigenvalue weighted by Gasteiger charge is -2.20. The van der Waals surface area contributed by atoms with Crippen LogP contribution in [0.15, 0.2) is 18.2 Å². The molecule has 0 heterocycles. The van der Waals surface area contributed by atoms with E-state index in [0.29, 0.717) is 12.1 Å². The Balaban J connectivity index is 3.12. The Kier molecular flexibility index (Phi) is 5.75. The highest BCUT2D eigenvalue weighted by Crippen LogP contribution is 2.15. The Morgan fingerprint density at radius 2 is 2.05 bits per heavy atom. The van der Waals surface area contributed by atoms with E-state index in [0.717, 1.165) is 11.1 Å². The van der Waals surface area contributed by atoms with Crippen molar-refractivity contribution in [3.63, 3.8) is 0 Å². The van der Waals surface area contributed by atoms with Gasteiger partial charge >= 0.3 is 0 Å². The number of carbonyl (C=O) groups is 2. The molecule has 0 atom stereocenters. The molecular formula is C15H19N3O2. The molecule has 0 aliphatic heterocycles. The first-order chi connectivity index (χ1) is 9.51. The molecule has 0 bridgehead atoms. The van der Waals surface area contributed by atoms with Crippen LogP contribution < -0.4 is 11.5 Å². The van der Waals surface area contributed by atoms with Gasteiger partial charge in [-0.1, -0.05) is 17.9 Å². The van der Waals surface area contributed by atoms with Crippen LogP contribution in [0.1, 0.15) is 28.4 Å². The minimum atomic E-state index is -0.531. The number of likely N-dealkylation sites (N-methyl/N-ethyl adjacent to an activating group) is 1. The minimum absolute atomic E-state index is 0.0898. The summed E-state index contributed by atoms with van der Waals surface area (Å²) in [5.41, 5.74) is 12.6. The number of hydrogen-bond donors (Lipinski definition) is 2. The van der Waals surface area contributed by atoms with Crippen molar-refractivity contribution >= 4 is 11.8 Å². The van der Waals surface area contributed by atoms with Gasteiger partial charge in [-0.05, 0) is 31.5 Å². The molecule has 20 heavy (non-hydrogen) atoms. The first-order valence-corrected chi connectivity index (χ1v) is 6.37. The summed E-state index contributed by atoms with van der Waals surface area (Å²) in [5, 5.41) is 0. The third kappa shape index (κ3) is 3.84. The van der Waals surface area contributed by atoms with Crippen molar-refractivity contribution in [2.75, 3.05) is 19.6 Å². The maximum Gasteiger partial charge on any atom is 0.254 e. The number of benzene rings is 1. The molecule has 0 aromatic heterocycles. The van der Waals surface area contributed by atoms with Gasteiger partial charge in [0.15, 0.2) is 0 Å². The highest BCUT2D eigenvalue weighted by atomic mass is 16.2. The molecule has 5 nitrogen and oxygen atoms in total. The third-order valence-corrected chi connectivity index (χ3v) is 2.90. The van der Waals surface area contributed by atoms with Crippen LogP contribution in [0, 0.1) is 18.8 Å². The quantitative estimate of drug-likeness (QED) is 0.771. The number of hydrogen-bond acceptors (Lipinski definition) is 3. The lowest BCUT2D eigenvalue weighted by atomic mass is 10.0. The van der Waals surface area contributed by atoms with Gasteiger partial charge in [-0.2, -0.15) is 0 Å². The highest BCUT2D eigenvalue weighted by molar-refractivity contribution is 5.98. The molecule has 0 fully saturated rings. The highest BCUT2D eigenvalue weighted by Gasteiger charge is 2.18. The summed E-state index contributed by atoms with van der Waals surface area (Å²) in [6, 6.07) is 5.31. The van der Waals surface area contributed by atoms with Gasteiger partial charge in [0.05, 0.1) is 13.1 Å². The third-order valence-electron chi connectivity index (χ3n) is 2.90. The Morgan fingerprint density at radius 1 is 1.35 bits per heavy atom. The van der Waals surface area contributed by atoms with E-state index in [9.17, 15) is 9.59 Å². The van der Waals surface area contributed by atoms with Gasteiger partial charge in [-0.15, -0.1) is 0 Å². The molecule has 1 aromatic rings. The van der Waals surface area contributed by atoms with Crippen molar-refractivity contribution in [2.45, 2.75) is 13.8 Å². The van der Waals surface area contributed by atoms with Crippen molar-refractivity contribution in [3.8, 4) is 11.8 Å². The summed E-state index contributed by atoms with van der Waals surface area (Å²) < 4.78 is 0. The van der Waals surface area contributed by atoms with Crippen LogP contribution in [-0.2, 0) is 4.79 Å². The molecule has 1 rings (SSSR count). The number of nitrogens with zero attached hydrogens (tertiary/aromatic N) is 1. The molecule has 2 amide bonds. The molecule has 0 saturated heterocycles. The van der Waals surface area contributed by atoms with Crippen molar-refractivity contribution in [3.05, 3.63) is 34.9 Å². The van der Waals surface area contributed by atoms with Gasteiger partial charge in [0.1, 0.15) is 0 Å². The second-order valence-electron chi connectivity index (χ2n) is 4.27. The van der Waals surface area contributed by atoms with E-state index in [-0.39, 0.29) is 19.0 Å². The zero-order valence-electron chi connectivity index (χ0n) is 11.8. The monoisotopic (exact) mass is 273 g/mol. The summed E-state index contributed by atoms with van der Waals surface area (Å²) in [4.78, 5) is 24.8. The van der Waals surface area contributed by atoms with E-state index < -0.39 is 5.91 Å². The summed E-state index contributed by atoms with van der Waals surface area (Å²) in [7, 11) is 0. The summed E-state index contributed by atoms with van der Waals surface area (Å²) in [6.45, 7) is 4.22. The van der Waals surface area contributed by atoms with E-state index in [1.165, 1.54) is 4.90 Å². The fourth-order valence-corrected chi connectivity index (χ4v) is 1.83. The molecule has 0 unspecified atom stereocenters. The molecule has 5 heteroatoms. The predicted octanol–water partition coefficient (Wildman–Crippen LogP) is 0.253. The summed E-state index contributed by atoms with van der Waals surface area (Å²) >= 11 is 0. The van der Waals surface area contributed by atoms with Gasteiger partial charge < -0.3 is 16.4 Å². The van der Waals surface area contributed by atoms with Gasteiger partial charge in [0.25, 0.3) is 5.91 Å². The molecule has 1 aromatic carbocycles. The van der Waals surface area contributed by atoms with Crippen LogP contribution in [-0.4, -0.2) is 36.3 Å². The Bertz CT molecular complexity index is 570. The molecular weight excluding hydrogens is 254 g/mol. The van der Waals surface area contributed by atoms with Crippen LogP contribution in [0.4, 0.5) is 0 Å². The maximum absolute atomic E-state index is 12.4. The van der Waals surface area contributed by atoms with Crippen molar-refractivity contribution < 1.29 is 9.59 Å². The van der Waals surface area contributed by atoms with Crippen molar-refractivity contribution in [1.82, 2.24) is 4.90 Å². The summed E-state index contributed by atoms with van der Waals surface area (Å²) in [5.74, 6) is 4.94. The second kappa shape index (κ2) is 7.31. The predicted molar refractivity (Wildman–Crippen MR) is 77.9 cm³/mol. The maximum atomic E-state index is 12.4. The molecule has 0 saturated carbocycles. The molecule has 0 radical (unpaired) electrons. The largest absolute Gasteiger partial charge is 0.368 e. The molecule has 106 valence electrons. The van der Waals surface area contributed by atoms with E-state index in [1.54, 1.807) is 19.1 Å². The zero-order valence-corrected chi connectivity index (χ0v) is 11.8. The fraction of sp³-hybridized carbons (Fsp3) is 0.333. The lowest BCUT2D eigenvalue weighted by molar-refractivity contribution is -0.118. The Hall–Kier alpha value is -2.32. The number of carbonyl (C=O) groups excluding carboxylic acids is 2. The normalized spacial score (nSPS) is 9.55. The standard InChI is InChI=1S/C15H19N3O2/c1-3-18(10-14(17)19)15(20)13-8-4-6-12(11(13)2)7-5-9-16/h4,6,8H,3,9-10,16H2,1-2H3,(H2,17,19). The molecule has 4 N–H and O–H groups in total. The lowest BCUT2D eigenvalue weighted by Crippen LogP contribution is -2.38. The van der Waals surface area contributed by atoms with Gasteiger partial charge in [0, 0.05) is 17.7 Å². The number of amides is 2. The van der Waals surface area contributed by atoms with Crippen LogP contribution >= 0.6 is 0 Å². The number of primary amides is 1. The van der Waals surface area contributed by atoms with Crippen LogP contribution in [0.2, 0.25) is 0 Å². The average molecular weight is 273 g/mol. The van der Waals surface area contributed by atoms with Crippen molar-refractivity contribution in [1.29, 1.82) is 0 Å². The molecule has 0 aliphatic carbocycles. The first kappa shape index (κ1) is 15.7. The number of rotatable bonds is 4. The SMILES string of the molecule is CCN(CC(N)=O)C(=O)c1cccc(C#CCN)c1C. The van der Waals surface area contributed by atoms with E-state index >= 15 is 0 Å². The Labute approximate surface area is 118 Å². The van der Waals surface area contributed by atoms with Gasteiger partial charge in [-0.3, -0.25) is 9.59 Å². The van der Waals surface area contributed by atoms with E-state index in [4.69, 9.17) is 11.5 Å². The van der Waals surface area contributed by atoms with Gasteiger partial charge in [-0.25, -0.2) is 0 Å². The molecule has 0 aliphatic rings. The Morgan fingerprint density at radius 3 is 2.60 bits per heavy atom. The minimum Gasteiger partial charge on any atom is -0.368 e. The average Bonchev–Trinajstić information content (AvgIpc) is 2.42. The summed E-state index contributed by atoms with van der Waals surface area (Å²) in [6.07, 6.45) is 0. The number of nitrogens with two attached hydrogens (primary N) is 2. The van der Waals surface area contributed by atoms with Crippen LogP contribution in [0.25, 0.3) is 0 Å². The van der Waals surface area contributed by atoms with Gasteiger partial charge in [0.2, 0.25) is 5.91 Å².